The molecule has 10 nitrogen and oxygen atoms in total. The standard InChI is InChI=1S/C23H25N7O3S2/c1-15-13-19(27-28-20(15)26-22-24-16-5-2-3-6-18(16)35-22)30(23-25-17(14-34-23)21(31)32)8-4-7-29-9-11-33-12-10-29/h2-3,5-6,13-14H,4,7-12H2,1H3,(H,31,32)(H,24,26,28). The van der Waals surface area contributed by atoms with E-state index in [2.05, 4.69) is 30.4 Å². The smallest absolute Gasteiger partial charge is 0.355 e. The summed E-state index contributed by atoms with van der Waals surface area (Å²) < 4.78 is 6.53. The summed E-state index contributed by atoms with van der Waals surface area (Å²) >= 11 is 2.85. The average molecular weight is 512 g/mol. The van der Waals surface area contributed by atoms with Gasteiger partial charge in [-0.3, -0.25) is 4.90 Å². The van der Waals surface area contributed by atoms with Crippen LogP contribution in [0.2, 0.25) is 0 Å². The molecule has 12 heteroatoms. The van der Waals surface area contributed by atoms with Crippen LogP contribution in [0.5, 0.6) is 0 Å². The number of thiazole rings is 2. The largest absolute Gasteiger partial charge is 0.476 e. The highest BCUT2D eigenvalue weighted by molar-refractivity contribution is 7.22. The summed E-state index contributed by atoms with van der Waals surface area (Å²) in [6.07, 6.45) is 0.869. The van der Waals surface area contributed by atoms with Crippen molar-refractivity contribution in [2.45, 2.75) is 13.3 Å². The van der Waals surface area contributed by atoms with E-state index in [4.69, 9.17) is 4.74 Å². The van der Waals surface area contributed by atoms with Gasteiger partial charge in [0, 0.05) is 31.6 Å². The van der Waals surface area contributed by atoms with Crippen molar-refractivity contribution < 1.29 is 14.6 Å². The van der Waals surface area contributed by atoms with Crippen LogP contribution in [-0.2, 0) is 4.74 Å². The Morgan fingerprint density at radius 3 is 2.80 bits per heavy atom. The first-order valence-electron chi connectivity index (χ1n) is 11.3. The second-order valence-electron chi connectivity index (χ2n) is 8.13. The normalized spacial score (nSPS) is 14.3. The van der Waals surface area contributed by atoms with Gasteiger partial charge in [-0.15, -0.1) is 21.5 Å². The number of rotatable bonds is 9. The molecule has 4 heterocycles. The van der Waals surface area contributed by atoms with Crippen molar-refractivity contribution in [3.63, 3.8) is 0 Å². The minimum Gasteiger partial charge on any atom is -0.476 e. The first kappa shape index (κ1) is 23.5. The molecule has 1 aromatic carbocycles. The van der Waals surface area contributed by atoms with Gasteiger partial charge < -0.3 is 20.1 Å². The number of anilines is 4. The number of carboxylic acid groups (broad SMARTS) is 1. The summed E-state index contributed by atoms with van der Waals surface area (Å²) in [7, 11) is 0. The second-order valence-corrected chi connectivity index (χ2v) is 9.99. The molecule has 0 radical (unpaired) electrons. The lowest BCUT2D eigenvalue weighted by Crippen LogP contribution is -2.37. The van der Waals surface area contributed by atoms with Gasteiger partial charge >= 0.3 is 5.97 Å². The molecule has 4 aromatic rings. The fourth-order valence-corrected chi connectivity index (χ4v) is 5.52. The number of carbonyl (C=O) groups is 1. The van der Waals surface area contributed by atoms with Crippen LogP contribution < -0.4 is 10.2 Å². The monoisotopic (exact) mass is 511 g/mol. The number of morpholine rings is 1. The zero-order chi connectivity index (χ0) is 24.2. The van der Waals surface area contributed by atoms with E-state index < -0.39 is 5.97 Å². The molecule has 0 aliphatic carbocycles. The molecule has 0 atom stereocenters. The molecule has 5 rings (SSSR count). The minimum atomic E-state index is -1.04. The van der Waals surface area contributed by atoms with E-state index in [9.17, 15) is 9.90 Å². The van der Waals surface area contributed by atoms with Gasteiger partial charge in [0.25, 0.3) is 0 Å². The second kappa shape index (κ2) is 10.6. The molecule has 0 saturated carbocycles. The van der Waals surface area contributed by atoms with Crippen LogP contribution in [0.1, 0.15) is 22.5 Å². The summed E-state index contributed by atoms with van der Waals surface area (Å²) in [5.41, 5.74) is 1.87. The van der Waals surface area contributed by atoms with Gasteiger partial charge in [-0.2, -0.15) is 0 Å². The first-order chi connectivity index (χ1) is 17.1. The van der Waals surface area contributed by atoms with Gasteiger partial charge in [-0.1, -0.05) is 23.5 Å². The van der Waals surface area contributed by atoms with Crippen LogP contribution in [0.3, 0.4) is 0 Å². The van der Waals surface area contributed by atoms with E-state index in [-0.39, 0.29) is 5.69 Å². The maximum atomic E-state index is 11.4. The Kier molecular flexibility index (Phi) is 7.13. The Morgan fingerprint density at radius 1 is 1.23 bits per heavy atom. The molecule has 0 amide bonds. The predicted octanol–water partition coefficient (Wildman–Crippen LogP) is 4.15. The molecule has 2 N–H and O–H groups in total. The molecular weight excluding hydrogens is 486 g/mol. The van der Waals surface area contributed by atoms with Gasteiger partial charge in [-0.05, 0) is 37.1 Å². The Labute approximate surface area is 210 Å². The van der Waals surface area contributed by atoms with Gasteiger partial charge in [0.1, 0.15) is 0 Å². The van der Waals surface area contributed by atoms with Crippen LogP contribution in [0.15, 0.2) is 35.7 Å². The van der Waals surface area contributed by atoms with E-state index in [1.165, 1.54) is 11.3 Å². The first-order valence-corrected chi connectivity index (χ1v) is 13.0. The number of carboxylic acids is 1. The van der Waals surface area contributed by atoms with Gasteiger partial charge in [0.2, 0.25) is 0 Å². The van der Waals surface area contributed by atoms with E-state index >= 15 is 0 Å². The maximum absolute atomic E-state index is 11.4. The number of para-hydroxylation sites is 1. The number of hydrogen-bond acceptors (Lipinski definition) is 11. The number of aromatic nitrogens is 4. The molecule has 0 unspecified atom stereocenters. The number of hydrogen-bond donors (Lipinski definition) is 2. The van der Waals surface area contributed by atoms with Crippen LogP contribution in [0.25, 0.3) is 10.2 Å². The van der Waals surface area contributed by atoms with Crippen LogP contribution in [0, 0.1) is 6.92 Å². The third-order valence-electron chi connectivity index (χ3n) is 5.67. The highest BCUT2D eigenvalue weighted by atomic mass is 32.1. The summed E-state index contributed by atoms with van der Waals surface area (Å²) in [4.78, 5) is 24.6. The van der Waals surface area contributed by atoms with Gasteiger partial charge in [0.05, 0.1) is 23.4 Å². The van der Waals surface area contributed by atoms with Crippen molar-refractivity contribution in [1.82, 2.24) is 25.1 Å². The Hall–Kier alpha value is -3.19. The summed E-state index contributed by atoms with van der Waals surface area (Å²) in [6.45, 7) is 6.88. The van der Waals surface area contributed by atoms with E-state index in [0.717, 1.165) is 60.2 Å². The number of ether oxygens (including phenoxy) is 1. The summed E-state index contributed by atoms with van der Waals surface area (Å²) in [5.74, 6) is 0.218. The minimum absolute atomic E-state index is 0.0296. The highest BCUT2D eigenvalue weighted by Crippen LogP contribution is 2.31. The molecule has 35 heavy (non-hydrogen) atoms. The van der Waals surface area contributed by atoms with Crippen LogP contribution in [0.4, 0.5) is 21.9 Å². The van der Waals surface area contributed by atoms with E-state index in [1.807, 2.05) is 42.2 Å². The maximum Gasteiger partial charge on any atom is 0.355 e. The lowest BCUT2D eigenvalue weighted by atomic mass is 10.3. The molecule has 0 bridgehead atoms. The van der Waals surface area contributed by atoms with Crippen molar-refractivity contribution in [3.05, 3.63) is 47.0 Å². The van der Waals surface area contributed by atoms with Crippen LogP contribution >= 0.6 is 22.7 Å². The number of nitrogens with zero attached hydrogens (tertiary/aromatic N) is 6. The number of aryl methyl sites for hydroxylation is 1. The van der Waals surface area contributed by atoms with E-state index in [0.29, 0.717) is 23.3 Å². The molecule has 3 aromatic heterocycles. The zero-order valence-electron chi connectivity index (χ0n) is 19.2. The highest BCUT2D eigenvalue weighted by Gasteiger charge is 2.20. The number of fused-ring (bicyclic) bond motifs is 1. The van der Waals surface area contributed by atoms with Crippen molar-refractivity contribution in [2.75, 3.05) is 49.6 Å². The van der Waals surface area contributed by atoms with Crippen molar-refractivity contribution >= 4 is 60.8 Å². The molecule has 1 aliphatic rings. The molecule has 182 valence electrons. The lowest BCUT2D eigenvalue weighted by Gasteiger charge is -2.28. The number of aromatic carboxylic acids is 1. The fraction of sp³-hybridized carbons (Fsp3) is 0.348. The predicted molar refractivity (Wildman–Crippen MR) is 138 cm³/mol. The number of benzene rings is 1. The molecule has 0 spiro atoms. The van der Waals surface area contributed by atoms with Crippen LogP contribution in [-0.4, -0.2) is 75.5 Å². The van der Waals surface area contributed by atoms with Crippen molar-refractivity contribution in [1.29, 1.82) is 0 Å². The quantitative estimate of drug-likeness (QED) is 0.339. The third-order valence-corrected chi connectivity index (χ3v) is 7.48. The van der Waals surface area contributed by atoms with Crippen molar-refractivity contribution in [2.24, 2.45) is 0 Å². The Bertz CT molecular complexity index is 1290. The van der Waals surface area contributed by atoms with E-state index in [1.54, 1.807) is 16.7 Å². The summed E-state index contributed by atoms with van der Waals surface area (Å²) in [5, 5.41) is 24.4. The Balaban J connectivity index is 1.35. The molecular formula is C23H25N7O3S2. The SMILES string of the molecule is Cc1cc(N(CCCN2CCOCC2)c2nc(C(=O)O)cs2)nnc1Nc1nc2ccccc2s1. The molecule has 1 fully saturated rings. The zero-order valence-corrected chi connectivity index (χ0v) is 20.8. The molecule has 1 aliphatic heterocycles. The van der Waals surface area contributed by atoms with Gasteiger partial charge in [-0.25, -0.2) is 14.8 Å². The van der Waals surface area contributed by atoms with Crippen molar-refractivity contribution in [3.8, 4) is 0 Å². The average Bonchev–Trinajstić information content (AvgIpc) is 3.51. The summed E-state index contributed by atoms with van der Waals surface area (Å²) in [6, 6.07) is 9.92. The lowest BCUT2D eigenvalue weighted by molar-refractivity contribution is 0.0377. The fourth-order valence-electron chi connectivity index (χ4n) is 3.83. The number of nitrogens with one attached hydrogen (secondary N) is 1. The Morgan fingerprint density at radius 2 is 2.06 bits per heavy atom. The topological polar surface area (TPSA) is 117 Å². The molecule has 1 saturated heterocycles. The third kappa shape index (κ3) is 5.56. The van der Waals surface area contributed by atoms with Gasteiger partial charge in [0.15, 0.2) is 27.6 Å².